The molecule has 5 heteroatoms. The van der Waals surface area contributed by atoms with Gasteiger partial charge in [-0.3, -0.25) is 9.89 Å². The van der Waals surface area contributed by atoms with E-state index in [1.165, 1.54) is 0 Å². The number of aromatic nitrogens is 2. The third kappa shape index (κ3) is 4.34. The molecule has 5 nitrogen and oxygen atoms in total. The molecule has 0 saturated heterocycles. The molecule has 2 rings (SSSR count). The van der Waals surface area contributed by atoms with Gasteiger partial charge < -0.3 is 10.1 Å². The van der Waals surface area contributed by atoms with E-state index in [9.17, 15) is 4.79 Å². The van der Waals surface area contributed by atoms with Gasteiger partial charge in [-0.2, -0.15) is 5.10 Å². The number of aryl methyl sites for hydroxylation is 1. The molecule has 1 amide bonds. The highest BCUT2D eigenvalue weighted by Gasteiger charge is 2.11. The molecule has 21 heavy (non-hydrogen) atoms. The number of benzene rings is 1. The number of nitrogens with zero attached hydrogens (tertiary/aromatic N) is 1. The SMILES string of the molecule is CCOc1ccccc1CCC(=O)NC(C)c1cn[nH]c1. The molecular weight excluding hydrogens is 266 g/mol. The highest BCUT2D eigenvalue weighted by Crippen LogP contribution is 2.19. The van der Waals surface area contributed by atoms with Gasteiger partial charge in [0.15, 0.2) is 0 Å². The van der Waals surface area contributed by atoms with Crippen LogP contribution >= 0.6 is 0 Å². The number of amides is 1. The van der Waals surface area contributed by atoms with E-state index in [4.69, 9.17) is 4.74 Å². The molecule has 0 aliphatic rings. The highest BCUT2D eigenvalue weighted by atomic mass is 16.5. The van der Waals surface area contributed by atoms with Gasteiger partial charge in [0.2, 0.25) is 5.91 Å². The van der Waals surface area contributed by atoms with Gasteiger partial charge in [0, 0.05) is 18.2 Å². The van der Waals surface area contributed by atoms with E-state index in [1.807, 2.05) is 38.1 Å². The minimum Gasteiger partial charge on any atom is -0.494 e. The maximum absolute atomic E-state index is 12.0. The van der Waals surface area contributed by atoms with Crippen molar-refractivity contribution in [3.8, 4) is 5.75 Å². The summed E-state index contributed by atoms with van der Waals surface area (Å²) in [5.74, 6) is 0.880. The Hall–Kier alpha value is -2.30. The summed E-state index contributed by atoms with van der Waals surface area (Å²) in [4.78, 5) is 12.0. The number of hydrogen-bond donors (Lipinski definition) is 2. The number of H-pyrrole nitrogens is 1. The Labute approximate surface area is 124 Å². The number of ether oxygens (including phenoxy) is 1. The van der Waals surface area contributed by atoms with Crippen LogP contribution in [0.5, 0.6) is 5.75 Å². The zero-order chi connectivity index (χ0) is 15.1. The summed E-state index contributed by atoms with van der Waals surface area (Å²) in [6, 6.07) is 7.79. The van der Waals surface area contributed by atoms with Gasteiger partial charge in [-0.25, -0.2) is 0 Å². The normalized spacial score (nSPS) is 11.9. The van der Waals surface area contributed by atoms with Crippen molar-refractivity contribution in [2.24, 2.45) is 0 Å². The smallest absolute Gasteiger partial charge is 0.220 e. The number of nitrogens with one attached hydrogen (secondary N) is 2. The van der Waals surface area contributed by atoms with Gasteiger partial charge in [0.05, 0.1) is 18.8 Å². The van der Waals surface area contributed by atoms with E-state index in [1.54, 1.807) is 12.4 Å². The fraction of sp³-hybridized carbons (Fsp3) is 0.375. The molecule has 0 aliphatic heterocycles. The molecule has 1 atom stereocenters. The van der Waals surface area contributed by atoms with Crippen molar-refractivity contribution in [3.05, 3.63) is 47.8 Å². The summed E-state index contributed by atoms with van der Waals surface area (Å²) in [6.45, 7) is 4.52. The Morgan fingerprint density at radius 2 is 2.24 bits per heavy atom. The molecule has 1 heterocycles. The molecule has 0 saturated carbocycles. The molecule has 2 aromatic rings. The first-order valence-corrected chi connectivity index (χ1v) is 7.19. The minimum atomic E-state index is -0.0432. The molecule has 1 aromatic heterocycles. The maximum Gasteiger partial charge on any atom is 0.220 e. The second-order valence-corrected chi connectivity index (χ2v) is 4.86. The van der Waals surface area contributed by atoms with Crippen LogP contribution in [-0.2, 0) is 11.2 Å². The fourth-order valence-electron chi connectivity index (χ4n) is 2.15. The van der Waals surface area contributed by atoms with Crippen LogP contribution in [0.15, 0.2) is 36.7 Å². The van der Waals surface area contributed by atoms with Gasteiger partial charge in [-0.05, 0) is 31.9 Å². The van der Waals surface area contributed by atoms with E-state index in [2.05, 4.69) is 15.5 Å². The van der Waals surface area contributed by atoms with E-state index in [0.717, 1.165) is 16.9 Å². The largest absolute Gasteiger partial charge is 0.494 e. The monoisotopic (exact) mass is 287 g/mol. The second kappa shape index (κ2) is 7.47. The molecular formula is C16H21N3O2. The van der Waals surface area contributed by atoms with Crippen molar-refractivity contribution in [2.75, 3.05) is 6.61 Å². The Morgan fingerprint density at radius 1 is 1.43 bits per heavy atom. The number of rotatable bonds is 7. The predicted octanol–water partition coefficient (Wildman–Crippen LogP) is 2.62. The summed E-state index contributed by atoms with van der Waals surface area (Å²) >= 11 is 0. The lowest BCUT2D eigenvalue weighted by Crippen LogP contribution is -2.26. The van der Waals surface area contributed by atoms with Crippen LogP contribution < -0.4 is 10.1 Å². The Kier molecular flexibility index (Phi) is 5.37. The van der Waals surface area contributed by atoms with Crippen molar-refractivity contribution in [1.82, 2.24) is 15.5 Å². The summed E-state index contributed by atoms with van der Waals surface area (Å²) in [6.07, 6.45) is 4.61. The molecule has 0 aliphatic carbocycles. The zero-order valence-electron chi connectivity index (χ0n) is 12.4. The summed E-state index contributed by atoms with van der Waals surface area (Å²) in [7, 11) is 0. The average molecular weight is 287 g/mol. The summed E-state index contributed by atoms with van der Waals surface area (Å²) in [5.41, 5.74) is 2.03. The van der Waals surface area contributed by atoms with E-state index in [-0.39, 0.29) is 11.9 Å². The van der Waals surface area contributed by atoms with Gasteiger partial charge in [-0.1, -0.05) is 18.2 Å². The number of hydrogen-bond acceptors (Lipinski definition) is 3. The van der Waals surface area contributed by atoms with Crippen LogP contribution in [-0.4, -0.2) is 22.7 Å². The summed E-state index contributed by atoms with van der Waals surface area (Å²) in [5, 5.41) is 9.59. The Morgan fingerprint density at radius 3 is 2.95 bits per heavy atom. The Balaban J connectivity index is 1.86. The first-order valence-electron chi connectivity index (χ1n) is 7.19. The molecule has 1 unspecified atom stereocenters. The molecule has 0 bridgehead atoms. The average Bonchev–Trinajstić information content (AvgIpc) is 3.01. The number of carbonyl (C=O) groups excluding carboxylic acids is 1. The van der Waals surface area contributed by atoms with Gasteiger partial charge in [-0.15, -0.1) is 0 Å². The van der Waals surface area contributed by atoms with Gasteiger partial charge >= 0.3 is 0 Å². The predicted molar refractivity (Wildman–Crippen MR) is 81.1 cm³/mol. The van der Waals surface area contributed by atoms with Crippen molar-refractivity contribution < 1.29 is 9.53 Å². The summed E-state index contributed by atoms with van der Waals surface area (Å²) < 4.78 is 5.57. The standard InChI is InChI=1S/C16H21N3O2/c1-3-21-15-7-5-4-6-13(15)8-9-16(20)19-12(2)14-10-17-18-11-14/h4-7,10-12H,3,8-9H2,1-2H3,(H,17,18)(H,19,20). The molecule has 2 N–H and O–H groups in total. The van der Waals surface area contributed by atoms with Crippen LogP contribution in [0.1, 0.15) is 37.4 Å². The van der Waals surface area contributed by atoms with E-state index >= 15 is 0 Å². The van der Waals surface area contributed by atoms with Crippen molar-refractivity contribution in [1.29, 1.82) is 0 Å². The highest BCUT2D eigenvalue weighted by molar-refractivity contribution is 5.76. The molecule has 112 valence electrons. The molecule has 0 fully saturated rings. The molecule has 0 spiro atoms. The third-order valence-corrected chi connectivity index (χ3v) is 3.29. The van der Waals surface area contributed by atoms with Crippen LogP contribution in [0.4, 0.5) is 0 Å². The lowest BCUT2D eigenvalue weighted by atomic mass is 10.1. The lowest BCUT2D eigenvalue weighted by molar-refractivity contribution is -0.121. The quantitative estimate of drug-likeness (QED) is 0.822. The Bertz CT molecular complexity index is 567. The van der Waals surface area contributed by atoms with Crippen LogP contribution in [0.2, 0.25) is 0 Å². The van der Waals surface area contributed by atoms with Crippen LogP contribution in [0.25, 0.3) is 0 Å². The third-order valence-electron chi connectivity index (χ3n) is 3.29. The van der Waals surface area contributed by atoms with Crippen LogP contribution in [0, 0.1) is 0 Å². The number of carbonyl (C=O) groups is 1. The van der Waals surface area contributed by atoms with Crippen molar-refractivity contribution in [2.45, 2.75) is 32.7 Å². The first kappa shape index (κ1) is 15.1. The second-order valence-electron chi connectivity index (χ2n) is 4.86. The fourth-order valence-corrected chi connectivity index (χ4v) is 2.15. The maximum atomic E-state index is 12.0. The van der Waals surface area contributed by atoms with Crippen LogP contribution in [0.3, 0.4) is 0 Å². The van der Waals surface area contributed by atoms with Gasteiger partial charge in [0.1, 0.15) is 5.75 Å². The number of para-hydroxylation sites is 1. The number of aromatic amines is 1. The van der Waals surface area contributed by atoms with Crippen molar-refractivity contribution in [3.63, 3.8) is 0 Å². The van der Waals surface area contributed by atoms with E-state index in [0.29, 0.717) is 19.4 Å². The van der Waals surface area contributed by atoms with Gasteiger partial charge in [0.25, 0.3) is 0 Å². The first-order chi connectivity index (χ1) is 10.2. The molecule has 1 aromatic carbocycles. The van der Waals surface area contributed by atoms with E-state index < -0.39 is 0 Å². The molecule has 0 radical (unpaired) electrons. The lowest BCUT2D eigenvalue weighted by Gasteiger charge is -2.13. The topological polar surface area (TPSA) is 67.0 Å². The van der Waals surface area contributed by atoms with Crippen molar-refractivity contribution >= 4 is 5.91 Å². The zero-order valence-corrected chi connectivity index (χ0v) is 12.4. The minimum absolute atomic E-state index is 0.0231.